The van der Waals surface area contributed by atoms with Crippen molar-refractivity contribution in [1.82, 2.24) is 9.78 Å². The predicted octanol–water partition coefficient (Wildman–Crippen LogP) is 4.22. The molecule has 0 radical (unpaired) electrons. The molecule has 0 amide bonds. The number of benzene rings is 2. The summed E-state index contributed by atoms with van der Waals surface area (Å²) in [4.78, 5) is 10.2. The first-order valence-electron chi connectivity index (χ1n) is 7.61. The summed E-state index contributed by atoms with van der Waals surface area (Å²) in [5.74, 6) is -0.484. The van der Waals surface area contributed by atoms with E-state index < -0.39 is 4.92 Å². The molecule has 2 aromatic carbocycles. The maximum atomic E-state index is 10.8. The third-order valence-corrected chi connectivity index (χ3v) is 3.71. The van der Waals surface area contributed by atoms with E-state index in [-0.39, 0.29) is 28.7 Å². The summed E-state index contributed by atoms with van der Waals surface area (Å²) in [6, 6.07) is 10.8. The van der Waals surface area contributed by atoms with Gasteiger partial charge < -0.3 is 10.2 Å². The molecular weight excluding hydrogens is 338 g/mol. The van der Waals surface area contributed by atoms with Gasteiger partial charge in [0.2, 0.25) is 5.88 Å². The minimum Gasteiger partial charge on any atom is -0.506 e. The molecule has 0 atom stereocenters. The largest absolute Gasteiger partial charge is 0.506 e. The number of rotatable bonds is 4. The van der Waals surface area contributed by atoms with E-state index in [9.17, 15) is 20.3 Å². The smallest absolute Gasteiger partial charge is 0.271 e. The summed E-state index contributed by atoms with van der Waals surface area (Å²) in [6.45, 7) is 3.59. The Bertz CT molecular complexity index is 1010. The highest BCUT2D eigenvalue weighted by atomic mass is 16.6. The molecule has 0 aliphatic heterocycles. The Morgan fingerprint density at radius 2 is 1.77 bits per heavy atom. The van der Waals surface area contributed by atoms with Gasteiger partial charge in [-0.25, -0.2) is 0 Å². The summed E-state index contributed by atoms with van der Waals surface area (Å²) in [5, 5.41) is 43.0. The number of aryl methyl sites for hydroxylation is 2. The van der Waals surface area contributed by atoms with Crippen molar-refractivity contribution in [3.8, 4) is 17.3 Å². The van der Waals surface area contributed by atoms with Crippen LogP contribution in [-0.2, 0) is 0 Å². The number of phenolic OH excluding ortho intramolecular Hbond substituents is 1. The molecule has 0 saturated carbocycles. The Kier molecular flexibility index (Phi) is 4.36. The van der Waals surface area contributed by atoms with Crippen molar-refractivity contribution >= 4 is 17.1 Å². The van der Waals surface area contributed by atoms with E-state index in [1.54, 1.807) is 19.1 Å². The Labute approximate surface area is 148 Å². The van der Waals surface area contributed by atoms with Crippen LogP contribution in [0.15, 0.2) is 52.7 Å². The van der Waals surface area contributed by atoms with Crippen LogP contribution >= 0.6 is 0 Å². The summed E-state index contributed by atoms with van der Waals surface area (Å²) in [7, 11) is 0. The van der Waals surface area contributed by atoms with Crippen LogP contribution in [0.3, 0.4) is 0 Å². The van der Waals surface area contributed by atoms with E-state index in [4.69, 9.17) is 0 Å². The molecule has 9 nitrogen and oxygen atoms in total. The van der Waals surface area contributed by atoms with E-state index in [0.29, 0.717) is 11.4 Å². The minimum atomic E-state index is -0.601. The highest BCUT2D eigenvalue weighted by Gasteiger charge is 2.16. The second-order valence-electron chi connectivity index (χ2n) is 5.64. The topological polar surface area (TPSA) is 126 Å². The molecule has 0 spiro atoms. The van der Waals surface area contributed by atoms with Gasteiger partial charge in [-0.1, -0.05) is 17.7 Å². The first-order chi connectivity index (χ1) is 12.4. The van der Waals surface area contributed by atoms with Gasteiger partial charge in [0.1, 0.15) is 11.4 Å². The lowest BCUT2D eigenvalue weighted by Crippen LogP contribution is -1.95. The van der Waals surface area contributed by atoms with Crippen molar-refractivity contribution in [2.24, 2.45) is 10.2 Å². The number of nitro groups is 1. The standard InChI is InChI=1S/C17H15N5O4/c1-10-3-5-12(6-4-10)21-17(24)16(11(2)20-21)19-18-14-9-13(22(25)26)7-8-15(14)23/h3-9,23-24H,1-2H3/b19-18+. The van der Waals surface area contributed by atoms with Crippen LogP contribution in [-0.4, -0.2) is 24.9 Å². The first-order valence-corrected chi connectivity index (χ1v) is 7.61. The quantitative estimate of drug-likeness (QED) is 0.412. The van der Waals surface area contributed by atoms with Gasteiger partial charge in [-0.2, -0.15) is 9.78 Å². The van der Waals surface area contributed by atoms with E-state index in [0.717, 1.165) is 23.8 Å². The molecule has 1 heterocycles. The zero-order chi connectivity index (χ0) is 18.8. The molecule has 0 aliphatic rings. The van der Waals surface area contributed by atoms with Gasteiger partial charge >= 0.3 is 0 Å². The highest BCUT2D eigenvalue weighted by Crippen LogP contribution is 2.36. The van der Waals surface area contributed by atoms with Gasteiger partial charge in [0.15, 0.2) is 5.69 Å². The Hall–Kier alpha value is -3.75. The molecule has 0 aliphatic carbocycles. The normalized spacial score (nSPS) is 11.2. The van der Waals surface area contributed by atoms with Crippen molar-refractivity contribution < 1.29 is 15.1 Å². The molecule has 0 saturated heterocycles. The van der Waals surface area contributed by atoms with Crippen LogP contribution in [0, 0.1) is 24.0 Å². The minimum absolute atomic E-state index is 0.0823. The number of aromatic hydroxyl groups is 2. The summed E-state index contributed by atoms with van der Waals surface area (Å²) in [6.07, 6.45) is 0. The average molecular weight is 353 g/mol. The Morgan fingerprint density at radius 3 is 2.42 bits per heavy atom. The Morgan fingerprint density at radius 1 is 1.08 bits per heavy atom. The van der Waals surface area contributed by atoms with Gasteiger partial charge in [-0.15, -0.1) is 10.2 Å². The molecule has 9 heteroatoms. The molecule has 0 fully saturated rings. The fourth-order valence-electron chi connectivity index (χ4n) is 2.30. The average Bonchev–Trinajstić information content (AvgIpc) is 2.89. The molecular formula is C17H15N5O4. The van der Waals surface area contributed by atoms with Crippen molar-refractivity contribution in [3.63, 3.8) is 0 Å². The van der Waals surface area contributed by atoms with Crippen molar-refractivity contribution in [2.75, 3.05) is 0 Å². The SMILES string of the molecule is Cc1ccc(-n2nc(C)c(/N=N/c3cc([N+](=O)[O-])ccc3O)c2O)cc1. The second-order valence-corrected chi connectivity index (χ2v) is 5.64. The van der Waals surface area contributed by atoms with Crippen LogP contribution in [0.25, 0.3) is 5.69 Å². The zero-order valence-electron chi connectivity index (χ0n) is 14.0. The van der Waals surface area contributed by atoms with Crippen LogP contribution in [0.1, 0.15) is 11.3 Å². The van der Waals surface area contributed by atoms with Gasteiger partial charge in [-0.05, 0) is 32.0 Å². The monoisotopic (exact) mass is 353 g/mol. The number of nitrogens with zero attached hydrogens (tertiary/aromatic N) is 5. The van der Waals surface area contributed by atoms with Gasteiger partial charge in [0.05, 0.1) is 16.3 Å². The fourth-order valence-corrected chi connectivity index (χ4v) is 2.30. The molecule has 1 aromatic heterocycles. The third-order valence-electron chi connectivity index (χ3n) is 3.71. The van der Waals surface area contributed by atoms with E-state index in [1.807, 2.05) is 19.1 Å². The van der Waals surface area contributed by atoms with Crippen molar-refractivity contribution in [1.29, 1.82) is 0 Å². The second kappa shape index (κ2) is 6.63. The van der Waals surface area contributed by atoms with E-state index in [2.05, 4.69) is 15.3 Å². The summed E-state index contributed by atoms with van der Waals surface area (Å²) < 4.78 is 1.32. The maximum absolute atomic E-state index is 10.8. The lowest BCUT2D eigenvalue weighted by Gasteiger charge is -2.03. The van der Waals surface area contributed by atoms with Gasteiger partial charge in [0.25, 0.3) is 5.69 Å². The van der Waals surface area contributed by atoms with Crippen LogP contribution in [0.5, 0.6) is 11.6 Å². The number of nitro benzene ring substituents is 1. The number of phenols is 1. The number of aromatic nitrogens is 2. The molecule has 3 rings (SSSR count). The zero-order valence-corrected chi connectivity index (χ0v) is 14.0. The van der Waals surface area contributed by atoms with Crippen molar-refractivity contribution in [3.05, 3.63) is 63.8 Å². The lowest BCUT2D eigenvalue weighted by atomic mass is 10.2. The van der Waals surface area contributed by atoms with E-state index >= 15 is 0 Å². The lowest BCUT2D eigenvalue weighted by molar-refractivity contribution is -0.384. The predicted molar refractivity (Wildman–Crippen MR) is 93.6 cm³/mol. The number of non-ortho nitro benzene ring substituents is 1. The molecule has 26 heavy (non-hydrogen) atoms. The number of hydrogen-bond acceptors (Lipinski definition) is 7. The van der Waals surface area contributed by atoms with Crippen LogP contribution in [0.4, 0.5) is 17.1 Å². The van der Waals surface area contributed by atoms with E-state index in [1.165, 1.54) is 4.68 Å². The molecule has 3 aromatic rings. The Balaban J connectivity index is 1.98. The summed E-state index contributed by atoms with van der Waals surface area (Å²) >= 11 is 0. The van der Waals surface area contributed by atoms with Gasteiger partial charge in [0, 0.05) is 12.1 Å². The number of hydrogen-bond donors (Lipinski definition) is 2. The van der Waals surface area contributed by atoms with Crippen molar-refractivity contribution in [2.45, 2.75) is 13.8 Å². The molecule has 0 bridgehead atoms. The fraction of sp³-hybridized carbons (Fsp3) is 0.118. The summed E-state index contributed by atoms with van der Waals surface area (Å²) in [5.41, 5.74) is 1.93. The molecule has 0 unspecified atom stereocenters. The van der Waals surface area contributed by atoms with Crippen LogP contribution < -0.4 is 0 Å². The first kappa shape index (κ1) is 17.1. The third kappa shape index (κ3) is 3.22. The molecule has 132 valence electrons. The van der Waals surface area contributed by atoms with Gasteiger partial charge in [-0.3, -0.25) is 10.1 Å². The number of azo groups is 1. The van der Waals surface area contributed by atoms with Crippen LogP contribution in [0.2, 0.25) is 0 Å². The maximum Gasteiger partial charge on any atom is 0.271 e. The highest BCUT2D eigenvalue weighted by molar-refractivity contribution is 5.58. The molecule has 2 N–H and O–H groups in total.